The number of hydrogen-bond donors (Lipinski definition) is 1. The molecule has 2 aliphatic rings. The molecule has 110 valence electrons. The maximum atomic E-state index is 12.1. The molecule has 19 heavy (non-hydrogen) atoms. The fourth-order valence-corrected chi connectivity index (χ4v) is 3.68. The predicted octanol–water partition coefficient (Wildman–Crippen LogP) is 0.737. The van der Waals surface area contributed by atoms with Gasteiger partial charge in [0.05, 0.1) is 12.4 Å². The molecule has 1 saturated carbocycles. The van der Waals surface area contributed by atoms with Crippen molar-refractivity contribution in [3.8, 4) is 0 Å². The third kappa shape index (κ3) is 4.87. The molecule has 1 N–H and O–H groups in total. The summed E-state index contributed by atoms with van der Waals surface area (Å²) in [6.07, 6.45) is 5.95. The molecule has 0 unspecified atom stereocenters. The standard InChI is InChI=1S/C13H24N2O3S/c1-18-11-12-5-8-15(9-6-12)19(16,17)10-2-7-14-13-3-4-13/h5,13-14H,2-4,6-11H2,1H3. The maximum absolute atomic E-state index is 12.1. The topological polar surface area (TPSA) is 58.6 Å². The number of sulfonamides is 1. The lowest BCUT2D eigenvalue weighted by molar-refractivity contribution is 0.219. The Morgan fingerprint density at radius 3 is 2.84 bits per heavy atom. The second kappa shape index (κ2) is 6.83. The van der Waals surface area contributed by atoms with Gasteiger partial charge in [-0.05, 0) is 37.8 Å². The minimum absolute atomic E-state index is 0.250. The van der Waals surface area contributed by atoms with Gasteiger partial charge in [-0.25, -0.2) is 8.42 Å². The molecule has 0 amide bonds. The summed E-state index contributed by atoms with van der Waals surface area (Å²) in [6, 6.07) is 0.650. The molecule has 1 aliphatic heterocycles. The number of methoxy groups -OCH3 is 1. The van der Waals surface area contributed by atoms with Gasteiger partial charge in [-0.15, -0.1) is 0 Å². The van der Waals surface area contributed by atoms with Crippen molar-refractivity contribution in [3.63, 3.8) is 0 Å². The van der Waals surface area contributed by atoms with E-state index < -0.39 is 10.0 Å². The molecule has 6 heteroatoms. The summed E-state index contributed by atoms with van der Waals surface area (Å²) in [6.45, 7) is 2.51. The number of nitrogens with zero attached hydrogens (tertiary/aromatic N) is 1. The first-order valence-corrected chi connectivity index (χ1v) is 8.61. The van der Waals surface area contributed by atoms with E-state index in [-0.39, 0.29) is 5.75 Å². The average molecular weight is 288 g/mol. The highest BCUT2D eigenvalue weighted by atomic mass is 32.2. The molecular weight excluding hydrogens is 264 g/mol. The van der Waals surface area contributed by atoms with E-state index in [2.05, 4.69) is 5.32 Å². The first-order valence-electron chi connectivity index (χ1n) is 7.00. The van der Waals surface area contributed by atoms with Gasteiger partial charge in [-0.3, -0.25) is 0 Å². The van der Waals surface area contributed by atoms with Crippen LogP contribution in [0.1, 0.15) is 25.7 Å². The van der Waals surface area contributed by atoms with Crippen LogP contribution in [0.15, 0.2) is 11.6 Å². The molecule has 1 fully saturated rings. The Bertz CT molecular complexity index is 416. The first kappa shape index (κ1) is 15.0. The van der Waals surface area contributed by atoms with Crippen molar-refractivity contribution in [3.05, 3.63) is 11.6 Å². The molecular formula is C13H24N2O3S. The van der Waals surface area contributed by atoms with Crippen LogP contribution in [0.2, 0.25) is 0 Å². The Labute approximate surface area is 116 Å². The molecule has 0 atom stereocenters. The van der Waals surface area contributed by atoms with Crippen LogP contribution in [0.4, 0.5) is 0 Å². The Morgan fingerprint density at radius 2 is 2.26 bits per heavy atom. The van der Waals surface area contributed by atoms with E-state index in [0.29, 0.717) is 32.2 Å². The van der Waals surface area contributed by atoms with Crippen LogP contribution in [0, 0.1) is 0 Å². The molecule has 1 heterocycles. The van der Waals surface area contributed by atoms with Crippen molar-refractivity contribution in [1.29, 1.82) is 0 Å². The summed E-state index contributed by atoms with van der Waals surface area (Å²) >= 11 is 0. The van der Waals surface area contributed by atoms with Crippen molar-refractivity contribution in [1.82, 2.24) is 9.62 Å². The molecule has 0 aromatic rings. The van der Waals surface area contributed by atoms with Crippen LogP contribution in [0.3, 0.4) is 0 Å². The van der Waals surface area contributed by atoms with Gasteiger partial charge in [0.15, 0.2) is 0 Å². The Hall–Kier alpha value is -0.430. The first-order chi connectivity index (χ1) is 9.12. The molecule has 0 saturated heterocycles. The zero-order valence-corrected chi connectivity index (χ0v) is 12.4. The maximum Gasteiger partial charge on any atom is 0.214 e. The predicted molar refractivity (Wildman–Crippen MR) is 75.6 cm³/mol. The lowest BCUT2D eigenvalue weighted by atomic mass is 10.1. The third-order valence-corrected chi connectivity index (χ3v) is 5.50. The smallest absolute Gasteiger partial charge is 0.214 e. The third-order valence-electron chi connectivity index (χ3n) is 3.58. The van der Waals surface area contributed by atoms with Crippen LogP contribution in [-0.2, 0) is 14.8 Å². The van der Waals surface area contributed by atoms with E-state index >= 15 is 0 Å². The second-order valence-electron chi connectivity index (χ2n) is 5.30. The van der Waals surface area contributed by atoms with Gasteiger partial charge in [0.2, 0.25) is 10.0 Å². The van der Waals surface area contributed by atoms with Crippen molar-refractivity contribution in [2.24, 2.45) is 0 Å². The number of ether oxygens (including phenoxy) is 1. The van der Waals surface area contributed by atoms with Gasteiger partial charge in [-0.2, -0.15) is 4.31 Å². The van der Waals surface area contributed by atoms with E-state index in [9.17, 15) is 8.42 Å². The van der Waals surface area contributed by atoms with E-state index in [1.165, 1.54) is 18.4 Å². The van der Waals surface area contributed by atoms with Gasteiger partial charge >= 0.3 is 0 Å². The SMILES string of the molecule is COCC1=CCN(S(=O)(=O)CCCNC2CC2)CC1. The van der Waals surface area contributed by atoms with E-state index in [1.54, 1.807) is 11.4 Å². The largest absolute Gasteiger partial charge is 0.380 e. The van der Waals surface area contributed by atoms with Crippen LogP contribution < -0.4 is 5.32 Å². The highest BCUT2D eigenvalue weighted by Gasteiger charge is 2.24. The molecule has 0 aromatic carbocycles. The fourth-order valence-electron chi connectivity index (χ4n) is 2.24. The van der Waals surface area contributed by atoms with E-state index in [1.807, 2.05) is 6.08 Å². The zero-order chi connectivity index (χ0) is 13.7. The summed E-state index contributed by atoms with van der Waals surface area (Å²) in [5.74, 6) is 0.250. The van der Waals surface area contributed by atoms with Crippen LogP contribution in [0.25, 0.3) is 0 Å². The number of nitrogens with one attached hydrogen (secondary N) is 1. The van der Waals surface area contributed by atoms with Gasteiger partial charge in [0, 0.05) is 26.2 Å². The van der Waals surface area contributed by atoms with Gasteiger partial charge in [0.1, 0.15) is 0 Å². The summed E-state index contributed by atoms with van der Waals surface area (Å²) in [7, 11) is -1.43. The lowest BCUT2D eigenvalue weighted by Crippen LogP contribution is -2.37. The molecule has 1 aliphatic carbocycles. The van der Waals surface area contributed by atoms with Gasteiger partial charge in [0.25, 0.3) is 0 Å². The highest BCUT2D eigenvalue weighted by molar-refractivity contribution is 7.89. The summed E-state index contributed by atoms with van der Waals surface area (Å²) in [4.78, 5) is 0. The highest BCUT2D eigenvalue weighted by Crippen LogP contribution is 2.18. The quantitative estimate of drug-likeness (QED) is 0.528. The molecule has 0 spiro atoms. The fraction of sp³-hybridized carbons (Fsp3) is 0.846. The van der Waals surface area contributed by atoms with E-state index in [4.69, 9.17) is 4.74 Å². The van der Waals surface area contributed by atoms with Gasteiger partial charge in [-0.1, -0.05) is 6.08 Å². The zero-order valence-electron chi connectivity index (χ0n) is 11.6. The van der Waals surface area contributed by atoms with E-state index in [0.717, 1.165) is 13.0 Å². The normalized spacial score (nSPS) is 21.4. The summed E-state index contributed by atoms with van der Waals surface area (Å²) in [5, 5.41) is 3.34. The van der Waals surface area contributed by atoms with Crippen molar-refractivity contribution >= 4 is 10.0 Å². The molecule has 2 rings (SSSR count). The molecule has 0 aromatic heterocycles. The molecule has 5 nitrogen and oxygen atoms in total. The Balaban J connectivity index is 1.72. The van der Waals surface area contributed by atoms with Crippen LogP contribution in [0.5, 0.6) is 0 Å². The minimum atomic E-state index is -3.09. The molecule has 0 radical (unpaired) electrons. The number of hydrogen-bond acceptors (Lipinski definition) is 4. The summed E-state index contributed by atoms with van der Waals surface area (Å²) in [5.41, 5.74) is 1.20. The van der Waals surface area contributed by atoms with Crippen molar-refractivity contribution < 1.29 is 13.2 Å². The minimum Gasteiger partial charge on any atom is -0.380 e. The van der Waals surface area contributed by atoms with Crippen LogP contribution in [-0.4, -0.2) is 57.9 Å². The second-order valence-corrected chi connectivity index (χ2v) is 7.39. The summed E-state index contributed by atoms with van der Waals surface area (Å²) < 4.78 is 30.9. The average Bonchev–Trinajstić information content (AvgIpc) is 3.20. The van der Waals surface area contributed by atoms with Gasteiger partial charge < -0.3 is 10.1 Å². The van der Waals surface area contributed by atoms with Crippen LogP contribution >= 0.6 is 0 Å². The molecule has 0 bridgehead atoms. The lowest BCUT2D eigenvalue weighted by Gasteiger charge is -2.25. The Kier molecular flexibility index (Phi) is 5.38. The van der Waals surface area contributed by atoms with Crippen molar-refractivity contribution in [2.75, 3.05) is 39.1 Å². The monoisotopic (exact) mass is 288 g/mol. The Morgan fingerprint density at radius 1 is 1.47 bits per heavy atom. The van der Waals surface area contributed by atoms with Crippen molar-refractivity contribution in [2.45, 2.75) is 31.7 Å². The number of rotatable bonds is 8.